The van der Waals surface area contributed by atoms with Gasteiger partial charge in [-0.05, 0) is 5.56 Å². The summed E-state index contributed by atoms with van der Waals surface area (Å²) in [6, 6.07) is 10.2. The van der Waals surface area contributed by atoms with E-state index in [4.69, 9.17) is 10.2 Å². The number of benzene rings is 1. The second-order valence-corrected chi connectivity index (χ2v) is 3.97. The summed E-state index contributed by atoms with van der Waals surface area (Å²) in [7, 11) is 0. The summed E-state index contributed by atoms with van der Waals surface area (Å²) < 4.78 is 5.42. The molecule has 1 unspecified atom stereocenters. The zero-order valence-electron chi connectivity index (χ0n) is 9.39. The number of oxazole rings is 1. The molecule has 0 saturated heterocycles. The largest absolute Gasteiger partial charge is 0.448 e. The molecule has 1 atom stereocenters. The van der Waals surface area contributed by atoms with E-state index >= 15 is 0 Å². The van der Waals surface area contributed by atoms with Crippen LogP contribution in [0.15, 0.2) is 41.0 Å². The van der Waals surface area contributed by atoms with Crippen molar-refractivity contribution in [1.82, 2.24) is 4.98 Å². The molecule has 84 valence electrons. The van der Waals surface area contributed by atoms with Gasteiger partial charge in [-0.25, -0.2) is 4.98 Å². The normalized spacial score (nSPS) is 12.6. The minimum absolute atomic E-state index is 0.258. The first kappa shape index (κ1) is 10.9. The molecule has 2 aromatic rings. The minimum atomic E-state index is 0.258. The van der Waals surface area contributed by atoms with Crippen LogP contribution in [0.4, 0.5) is 0 Å². The monoisotopic (exact) mass is 216 g/mol. The quantitative estimate of drug-likeness (QED) is 0.853. The molecule has 2 N–H and O–H groups in total. The summed E-state index contributed by atoms with van der Waals surface area (Å²) in [6.07, 6.45) is 2.44. The van der Waals surface area contributed by atoms with Crippen molar-refractivity contribution in [3.63, 3.8) is 0 Å². The maximum Gasteiger partial charge on any atom is 0.198 e. The zero-order chi connectivity index (χ0) is 11.4. The first-order valence-corrected chi connectivity index (χ1v) is 5.48. The van der Waals surface area contributed by atoms with E-state index in [0.29, 0.717) is 6.54 Å². The Bertz CT molecular complexity index is 436. The molecule has 0 aliphatic heterocycles. The third-order valence-electron chi connectivity index (χ3n) is 2.63. The Morgan fingerprint density at radius 1 is 1.31 bits per heavy atom. The van der Waals surface area contributed by atoms with Crippen molar-refractivity contribution in [2.75, 3.05) is 6.54 Å². The van der Waals surface area contributed by atoms with Crippen molar-refractivity contribution in [2.24, 2.45) is 5.73 Å². The van der Waals surface area contributed by atoms with Gasteiger partial charge in [-0.3, -0.25) is 0 Å². The van der Waals surface area contributed by atoms with Gasteiger partial charge in [0.2, 0.25) is 0 Å². The van der Waals surface area contributed by atoms with Gasteiger partial charge in [0.25, 0.3) is 0 Å². The molecular formula is C13H16N2O. The van der Waals surface area contributed by atoms with Gasteiger partial charge in [0.05, 0.1) is 5.69 Å². The lowest BCUT2D eigenvalue weighted by atomic mass is 10.1. The zero-order valence-corrected chi connectivity index (χ0v) is 9.39. The van der Waals surface area contributed by atoms with E-state index in [9.17, 15) is 0 Å². The predicted octanol–water partition coefficient (Wildman–Crippen LogP) is 2.33. The highest BCUT2D eigenvalue weighted by Crippen LogP contribution is 2.15. The van der Waals surface area contributed by atoms with Crippen LogP contribution in [0.3, 0.4) is 0 Å². The molecule has 0 radical (unpaired) electrons. The highest BCUT2D eigenvalue weighted by atomic mass is 16.3. The van der Waals surface area contributed by atoms with Crippen LogP contribution >= 0.6 is 0 Å². The molecule has 0 saturated carbocycles. The first-order chi connectivity index (χ1) is 7.79. The molecular weight excluding hydrogens is 200 g/mol. The smallest absolute Gasteiger partial charge is 0.198 e. The molecule has 1 aromatic heterocycles. The van der Waals surface area contributed by atoms with E-state index in [1.165, 1.54) is 5.56 Å². The van der Waals surface area contributed by atoms with E-state index in [0.717, 1.165) is 18.0 Å². The summed E-state index contributed by atoms with van der Waals surface area (Å²) in [5.74, 6) is 1.01. The number of nitrogens with zero attached hydrogens (tertiary/aromatic N) is 1. The minimum Gasteiger partial charge on any atom is -0.448 e. The van der Waals surface area contributed by atoms with Crippen LogP contribution in [-0.2, 0) is 6.42 Å². The van der Waals surface area contributed by atoms with Crippen LogP contribution in [0, 0.1) is 0 Å². The molecule has 2 rings (SSSR count). The Hall–Kier alpha value is -1.61. The lowest BCUT2D eigenvalue weighted by molar-refractivity contribution is 0.505. The number of hydrogen-bond donors (Lipinski definition) is 1. The average Bonchev–Trinajstić information content (AvgIpc) is 2.78. The van der Waals surface area contributed by atoms with Crippen LogP contribution in [0.1, 0.15) is 30.0 Å². The fraction of sp³-hybridized carbons (Fsp3) is 0.308. The van der Waals surface area contributed by atoms with Gasteiger partial charge < -0.3 is 10.2 Å². The molecule has 0 aliphatic carbocycles. The summed E-state index contributed by atoms with van der Waals surface area (Å²) >= 11 is 0. The van der Waals surface area contributed by atoms with Gasteiger partial charge >= 0.3 is 0 Å². The van der Waals surface area contributed by atoms with Gasteiger partial charge in [0.15, 0.2) is 5.89 Å². The fourth-order valence-corrected chi connectivity index (χ4v) is 1.52. The van der Waals surface area contributed by atoms with Crippen molar-refractivity contribution >= 4 is 0 Å². The summed E-state index contributed by atoms with van der Waals surface area (Å²) in [4.78, 5) is 4.43. The Labute approximate surface area is 95.3 Å². The predicted molar refractivity (Wildman–Crippen MR) is 63.2 cm³/mol. The maximum atomic E-state index is 5.58. The van der Waals surface area contributed by atoms with Crippen LogP contribution in [0.2, 0.25) is 0 Å². The third-order valence-corrected chi connectivity index (χ3v) is 2.63. The van der Waals surface area contributed by atoms with Crippen LogP contribution in [-0.4, -0.2) is 11.5 Å². The molecule has 3 heteroatoms. The van der Waals surface area contributed by atoms with E-state index in [-0.39, 0.29) is 5.92 Å². The van der Waals surface area contributed by atoms with E-state index in [2.05, 4.69) is 17.1 Å². The molecule has 0 amide bonds. The van der Waals surface area contributed by atoms with Crippen molar-refractivity contribution in [1.29, 1.82) is 0 Å². The molecule has 0 bridgehead atoms. The van der Waals surface area contributed by atoms with E-state index in [1.54, 1.807) is 6.26 Å². The Morgan fingerprint density at radius 3 is 2.75 bits per heavy atom. The summed E-state index contributed by atoms with van der Waals surface area (Å²) in [5.41, 5.74) is 7.73. The second-order valence-electron chi connectivity index (χ2n) is 3.97. The number of nitrogens with two attached hydrogens (primary N) is 1. The molecule has 0 spiro atoms. The number of aromatic nitrogens is 1. The van der Waals surface area contributed by atoms with Gasteiger partial charge in [-0.15, -0.1) is 0 Å². The SMILES string of the molecule is CC(CN)c1coc(Cc2ccccc2)n1. The van der Waals surface area contributed by atoms with Crippen LogP contribution < -0.4 is 5.73 Å². The van der Waals surface area contributed by atoms with Gasteiger partial charge in [-0.1, -0.05) is 37.3 Å². The summed E-state index contributed by atoms with van der Waals surface area (Å²) in [6.45, 7) is 2.64. The van der Waals surface area contributed by atoms with Crippen LogP contribution in [0.25, 0.3) is 0 Å². The van der Waals surface area contributed by atoms with Crippen LogP contribution in [0.5, 0.6) is 0 Å². The molecule has 0 fully saturated rings. The van der Waals surface area contributed by atoms with Gasteiger partial charge in [0.1, 0.15) is 6.26 Å². The molecule has 1 aromatic carbocycles. The Kier molecular flexibility index (Phi) is 3.37. The Balaban J connectivity index is 2.09. The standard InChI is InChI=1S/C13H16N2O/c1-10(8-14)12-9-16-13(15-12)7-11-5-3-2-4-6-11/h2-6,9-10H,7-8,14H2,1H3. The van der Waals surface area contributed by atoms with Crippen molar-refractivity contribution < 1.29 is 4.42 Å². The third kappa shape index (κ3) is 2.49. The number of rotatable bonds is 4. The van der Waals surface area contributed by atoms with E-state index < -0.39 is 0 Å². The van der Waals surface area contributed by atoms with Crippen molar-refractivity contribution in [2.45, 2.75) is 19.3 Å². The molecule has 0 aliphatic rings. The lowest BCUT2D eigenvalue weighted by Crippen LogP contribution is -2.09. The topological polar surface area (TPSA) is 52.0 Å². The molecule has 1 heterocycles. The summed E-state index contributed by atoms with van der Waals surface area (Å²) in [5, 5.41) is 0. The molecule has 16 heavy (non-hydrogen) atoms. The Morgan fingerprint density at radius 2 is 2.06 bits per heavy atom. The van der Waals surface area contributed by atoms with Crippen molar-refractivity contribution in [3.05, 3.63) is 53.7 Å². The highest BCUT2D eigenvalue weighted by Gasteiger charge is 2.09. The average molecular weight is 216 g/mol. The highest BCUT2D eigenvalue weighted by molar-refractivity contribution is 5.18. The first-order valence-electron chi connectivity index (χ1n) is 5.48. The van der Waals surface area contributed by atoms with Crippen molar-refractivity contribution in [3.8, 4) is 0 Å². The number of hydrogen-bond acceptors (Lipinski definition) is 3. The maximum absolute atomic E-state index is 5.58. The molecule has 3 nitrogen and oxygen atoms in total. The fourth-order valence-electron chi connectivity index (χ4n) is 1.52. The second kappa shape index (κ2) is 4.94. The van der Waals surface area contributed by atoms with Gasteiger partial charge in [-0.2, -0.15) is 0 Å². The van der Waals surface area contributed by atoms with E-state index in [1.807, 2.05) is 25.1 Å². The lowest BCUT2D eigenvalue weighted by Gasteiger charge is -2.01. The van der Waals surface area contributed by atoms with Gasteiger partial charge in [0, 0.05) is 18.9 Å².